The van der Waals surface area contributed by atoms with Crippen LogP contribution in [0, 0.1) is 3.57 Å². The smallest absolute Gasteiger partial charge is 0.142 e. The van der Waals surface area contributed by atoms with Gasteiger partial charge < -0.3 is 10.1 Å². The number of nitrogens with zero attached hydrogens (tertiary/aromatic N) is 2. The molecule has 2 rings (SSSR count). The predicted molar refractivity (Wildman–Crippen MR) is 66.8 cm³/mol. The molecule has 0 amide bonds. The summed E-state index contributed by atoms with van der Waals surface area (Å²) in [5.41, 5.74) is -0.0337. The molecule has 1 aromatic rings. The van der Waals surface area contributed by atoms with E-state index in [1.54, 1.807) is 12.5 Å². The van der Waals surface area contributed by atoms with Crippen molar-refractivity contribution < 1.29 is 4.74 Å². The summed E-state index contributed by atoms with van der Waals surface area (Å²) in [6.45, 7) is 3.82. The molecule has 0 saturated carbocycles. The molecule has 2 heterocycles. The molecule has 82 valence electrons. The zero-order valence-corrected chi connectivity index (χ0v) is 10.8. The highest BCUT2D eigenvalue weighted by Gasteiger charge is 2.29. The SMILES string of the molecule is CC1(CNc2ncncc2I)CCCO1. The molecular formula is C10H14IN3O. The van der Waals surface area contributed by atoms with Crippen LogP contribution in [-0.4, -0.2) is 28.7 Å². The molecule has 0 aliphatic carbocycles. The summed E-state index contributed by atoms with van der Waals surface area (Å²) >= 11 is 2.22. The third-order valence-corrected chi connectivity index (χ3v) is 3.39. The fourth-order valence-electron chi connectivity index (χ4n) is 1.69. The summed E-state index contributed by atoms with van der Waals surface area (Å²) in [7, 11) is 0. The van der Waals surface area contributed by atoms with Crippen molar-refractivity contribution in [1.82, 2.24) is 9.97 Å². The zero-order valence-electron chi connectivity index (χ0n) is 8.66. The monoisotopic (exact) mass is 319 g/mol. The summed E-state index contributed by atoms with van der Waals surface area (Å²) in [5, 5.41) is 3.31. The van der Waals surface area contributed by atoms with Crippen molar-refractivity contribution in [1.29, 1.82) is 0 Å². The maximum absolute atomic E-state index is 5.69. The Balaban J connectivity index is 1.95. The lowest BCUT2D eigenvalue weighted by atomic mass is 10.0. The molecule has 1 unspecified atom stereocenters. The highest BCUT2D eigenvalue weighted by molar-refractivity contribution is 14.1. The first-order valence-corrected chi connectivity index (χ1v) is 6.11. The fourth-order valence-corrected chi connectivity index (χ4v) is 2.18. The quantitative estimate of drug-likeness (QED) is 0.867. The molecule has 1 saturated heterocycles. The molecule has 1 aromatic heterocycles. The summed E-state index contributed by atoms with van der Waals surface area (Å²) in [4.78, 5) is 8.14. The molecule has 0 bridgehead atoms. The minimum Gasteiger partial charge on any atom is -0.373 e. The predicted octanol–water partition coefficient (Wildman–Crippen LogP) is 2.06. The average Bonchev–Trinajstić information content (AvgIpc) is 2.65. The fraction of sp³-hybridized carbons (Fsp3) is 0.600. The van der Waals surface area contributed by atoms with Crippen molar-refractivity contribution in [2.24, 2.45) is 0 Å². The Kier molecular flexibility index (Phi) is 3.40. The molecule has 1 fully saturated rings. The highest BCUT2D eigenvalue weighted by atomic mass is 127. The maximum Gasteiger partial charge on any atom is 0.142 e. The van der Waals surface area contributed by atoms with Crippen LogP contribution in [0.25, 0.3) is 0 Å². The Bertz CT molecular complexity index is 339. The van der Waals surface area contributed by atoms with E-state index in [2.05, 4.69) is 44.8 Å². The van der Waals surface area contributed by atoms with Gasteiger partial charge in [-0.1, -0.05) is 0 Å². The van der Waals surface area contributed by atoms with Crippen LogP contribution < -0.4 is 5.32 Å². The van der Waals surface area contributed by atoms with Crippen LogP contribution in [0.5, 0.6) is 0 Å². The topological polar surface area (TPSA) is 47.0 Å². The van der Waals surface area contributed by atoms with E-state index in [9.17, 15) is 0 Å². The number of anilines is 1. The van der Waals surface area contributed by atoms with Crippen LogP contribution in [0.2, 0.25) is 0 Å². The molecule has 0 spiro atoms. The average molecular weight is 319 g/mol. The van der Waals surface area contributed by atoms with Gasteiger partial charge in [-0.05, 0) is 42.4 Å². The second-order valence-electron chi connectivity index (χ2n) is 3.97. The van der Waals surface area contributed by atoms with Crippen LogP contribution >= 0.6 is 22.6 Å². The van der Waals surface area contributed by atoms with E-state index >= 15 is 0 Å². The second kappa shape index (κ2) is 4.61. The molecule has 1 atom stereocenters. The molecule has 1 N–H and O–H groups in total. The Hall–Kier alpha value is -0.430. The highest BCUT2D eigenvalue weighted by Crippen LogP contribution is 2.25. The molecule has 0 aromatic carbocycles. The van der Waals surface area contributed by atoms with Gasteiger partial charge in [-0.2, -0.15) is 0 Å². The van der Waals surface area contributed by atoms with Crippen molar-refractivity contribution in [2.75, 3.05) is 18.5 Å². The number of aromatic nitrogens is 2. The van der Waals surface area contributed by atoms with Crippen molar-refractivity contribution in [2.45, 2.75) is 25.4 Å². The first-order valence-electron chi connectivity index (χ1n) is 5.03. The Morgan fingerprint density at radius 2 is 2.53 bits per heavy atom. The van der Waals surface area contributed by atoms with Gasteiger partial charge in [-0.15, -0.1) is 0 Å². The van der Waals surface area contributed by atoms with Crippen LogP contribution in [-0.2, 0) is 4.74 Å². The third-order valence-electron chi connectivity index (χ3n) is 2.60. The van der Waals surface area contributed by atoms with E-state index in [0.29, 0.717) is 0 Å². The van der Waals surface area contributed by atoms with Gasteiger partial charge >= 0.3 is 0 Å². The molecule has 15 heavy (non-hydrogen) atoms. The third kappa shape index (κ3) is 2.78. The van der Waals surface area contributed by atoms with Crippen molar-refractivity contribution >= 4 is 28.4 Å². The Labute approximate surface area is 103 Å². The summed E-state index contributed by atoms with van der Waals surface area (Å²) < 4.78 is 6.73. The van der Waals surface area contributed by atoms with E-state index in [1.807, 2.05) is 0 Å². The maximum atomic E-state index is 5.69. The van der Waals surface area contributed by atoms with Crippen molar-refractivity contribution in [3.8, 4) is 0 Å². The van der Waals surface area contributed by atoms with Gasteiger partial charge in [0, 0.05) is 19.3 Å². The van der Waals surface area contributed by atoms with Gasteiger partial charge in [0.1, 0.15) is 12.1 Å². The van der Waals surface area contributed by atoms with E-state index in [1.165, 1.54) is 0 Å². The molecule has 1 aliphatic heterocycles. The van der Waals surface area contributed by atoms with Crippen LogP contribution in [0.15, 0.2) is 12.5 Å². The normalized spacial score (nSPS) is 25.5. The second-order valence-corrected chi connectivity index (χ2v) is 5.14. The Morgan fingerprint density at radius 1 is 1.67 bits per heavy atom. The first-order chi connectivity index (χ1) is 7.20. The Morgan fingerprint density at radius 3 is 3.20 bits per heavy atom. The minimum absolute atomic E-state index is 0.0337. The van der Waals surface area contributed by atoms with Crippen LogP contribution in [0.3, 0.4) is 0 Å². The minimum atomic E-state index is -0.0337. The van der Waals surface area contributed by atoms with Gasteiger partial charge in [-0.3, -0.25) is 0 Å². The first kappa shape index (κ1) is 11.1. The summed E-state index contributed by atoms with van der Waals surface area (Å²) in [6.07, 6.45) is 5.62. The standard InChI is InChI=1S/C10H14IN3O/c1-10(3-2-4-15-10)6-13-9-8(11)5-12-7-14-9/h5,7H,2-4,6H2,1H3,(H,12,13,14). The number of rotatable bonds is 3. The molecule has 1 aliphatic rings. The molecule has 0 radical (unpaired) electrons. The number of hydrogen-bond acceptors (Lipinski definition) is 4. The zero-order chi connectivity index (χ0) is 10.7. The molecule has 5 heteroatoms. The van der Waals surface area contributed by atoms with E-state index in [4.69, 9.17) is 4.74 Å². The lowest BCUT2D eigenvalue weighted by Gasteiger charge is -2.23. The molecular weight excluding hydrogens is 305 g/mol. The summed E-state index contributed by atoms with van der Waals surface area (Å²) in [6, 6.07) is 0. The molecule has 4 nitrogen and oxygen atoms in total. The van der Waals surface area contributed by atoms with Crippen LogP contribution in [0.1, 0.15) is 19.8 Å². The van der Waals surface area contributed by atoms with Crippen molar-refractivity contribution in [3.05, 3.63) is 16.1 Å². The van der Waals surface area contributed by atoms with E-state index < -0.39 is 0 Å². The number of hydrogen-bond donors (Lipinski definition) is 1. The van der Waals surface area contributed by atoms with Gasteiger partial charge in [0.05, 0.1) is 9.17 Å². The van der Waals surface area contributed by atoms with Gasteiger partial charge in [0.2, 0.25) is 0 Å². The largest absolute Gasteiger partial charge is 0.373 e. The lowest BCUT2D eigenvalue weighted by molar-refractivity contribution is 0.0314. The van der Waals surface area contributed by atoms with Gasteiger partial charge in [0.15, 0.2) is 0 Å². The number of nitrogens with one attached hydrogen (secondary N) is 1. The van der Waals surface area contributed by atoms with Gasteiger partial charge in [-0.25, -0.2) is 9.97 Å². The van der Waals surface area contributed by atoms with Gasteiger partial charge in [0.25, 0.3) is 0 Å². The van der Waals surface area contributed by atoms with Crippen molar-refractivity contribution in [3.63, 3.8) is 0 Å². The van der Waals surface area contributed by atoms with E-state index in [-0.39, 0.29) is 5.60 Å². The lowest BCUT2D eigenvalue weighted by Crippen LogP contribution is -2.33. The number of halogens is 1. The summed E-state index contributed by atoms with van der Waals surface area (Å²) in [5.74, 6) is 0.891. The number of ether oxygens (including phenoxy) is 1. The van der Waals surface area contributed by atoms with E-state index in [0.717, 1.165) is 35.4 Å². The van der Waals surface area contributed by atoms with Crippen LogP contribution in [0.4, 0.5) is 5.82 Å².